The number of rotatable bonds is 6. The van der Waals surface area contributed by atoms with Gasteiger partial charge in [-0.1, -0.05) is 26.2 Å². The fourth-order valence-electron chi connectivity index (χ4n) is 2.93. The molecule has 2 atom stereocenters. The predicted molar refractivity (Wildman–Crippen MR) is 63.0 cm³/mol. The number of nitrogens with zero attached hydrogens (tertiary/aromatic N) is 2. The van der Waals surface area contributed by atoms with Gasteiger partial charge in [0.25, 0.3) is 0 Å². The molecular weight excluding hydrogens is 224 g/mol. The first-order chi connectivity index (χ1) is 8.06. The largest absolute Gasteiger partial charge is 0.265 e. The molecule has 0 bridgehead atoms. The van der Waals surface area contributed by atoms with Gasteiger partial charge in [0.05, 0.1) is 5.92 Å². The summed E-state index contributed by atoms with van der Waals surface area (Å²) in [7, 11) is 0. The lowest BCUT2D eigenvalue weighted by atomic mass is 9.76. The fraction of sp³-hybridized carbons (Fsp3) is 1.00. The monoisotopic (exact) mass is 244 g/mol. The molecule has 0 amide bonds. The molecule has 0 unspecified atom stereocenters. The summed E-state index contributed by atoms with van der Waals surface area (Å²) in [5.74, 6) is -0.241. The van der Waals surface area contributed by atoms with Crippen molar-refractivity contribution in [1.29, 1.82) is 0 Å². The molecule has 0 N–H and O–H groups in total. The van der Waals surface area contributed by atoms with Crippen molar-refractivity contribution in [3.63, 3.8) is 0 Å². The molecule has 0 saturated heterocycles. The van der Waals surface area contributed by atoms with Crippen molar-refractivity contribution in [3.05, 3.63) is 20.2 Å². The Balaban J connectivity index is 2.76. The lowest BCUT2D eigenvalue weighted by Crippen LogP contribution is -2.39. The van der Waals surface area contributed by atoms with E-state index in [4.69, 9.17) is 0 Å². The molecule has 0 spiro atoms. The van der Waals surface area contributed by atoms with Crippen molar-refractivity contribution in [3.8, 4) is 0 Å². The third-order valence-electron chi connectivity index (χ3n) is 3.80. The molecule has 1 rings (SSSR count). The summed E-state index contributed by atoms with van der Waals surface area (Å²) in [6.07, 6.45) is 5.44. The molecule has 0 radical (unpaired) electrons. The Morgan fingerprint density at radius 1 is 1.18 bits per heavy atom. The maximum atomic E-state index is 11.0. The van der Waals surface area contributed by atoms with Crippen molar-refractivity contribution in [2.45, 2.75) is 51.5 Å². The van der Waals surface area contributed by atoms with Gasteiger partial charge < -0.3 is 0 Å². The zero-order valence-corrected chi connectivity index (χ0v) is 10.2. The first-order valence-corrected chi connectivity index (χ1v) is 6.31. The van der Waals surface area contributed by atoms with E-state index in [9.17, 15) is 20.2 Å². The van der Waals surface area contributed by atoms with Crippen LogP contribution in [0.15, 0.2) is 0 Å². The second kappa shape index (κ2) is 6.51. The Morgan fingerprint density at radius 2 is 1.76 bits per heavy atom. The highest BCUT2D eigenvalue weighted by Crippen LogP contribution is 2.33. The van der Waals surface area contributed by atoms with Crippen LogP contribution >= 0.6 is 0 Å². The van der Waals surface area contributed by atoms with Crippen molar-refractivity contribution in [2.24, 2.45) is 11.8 Å². The molecule has 0 aliphatic heterocycles. The van der Waals surface area contributed by atoms with Crippen molar-refractivity contribution in [1.82, 2.24) is 0 Å². The van der Waals surface area contributed by atoms with Crippen LogP contribution in [-0.2, 0) is 0 Å². The SMILES string of the molecule is CC[C@@H]([C@H](C[N+](=O)[O-])C1CCCCC1)[N+](=O)[O-]. The molecule has 1 aliphatic carbocycles. The van der Waals surface area contributed by atoms with E-state index in [0.29, 0.717) is 6.42 Å². The summed E-state index contributed by atoms with van der Waals surface area (Å²) in [5.41, 5.74) is 0. The van der Waals surface area contributed by atoms with E-state index in [1.807, 2.05) is 0 Å². The summed E-state index contributed by atoms with van der Waals surface area (Å²) >= 11 is 0. The molecule has 0 aromatic carbocycles. The summed E-state index contributed by atoms with van der Waals surface area (Å²) in [5, 5.41) is 21.7. The third-order valence-corrected chi connectivity index (χ3v) is 3.80. The van der Waals surface area contributed by atoms with Gasteiger partial charge in [-0.2, -0.15) is 0 Å². The fourth-order valence-corrected chi connectivity index (χ4v) is 2.93. The van der Waals surface area contributed by atoms with Crippen LogP contribution in [0.3, 0.4) is 0 Å². The summed E-state index contributed by atoms with van der Waals surface area (Å²) in [4.78, 5) is 20.9. The average molecular weight is 244 g/mol. The van der Waals surface area contributed by atoms with Gasteiger partial charge >= 0.3 is 0 Å². The van der Waals surface area contributed by atoms with Gasteiger partial charge in [-0.15, -0.1) is 0 Å². The second-order valence-electron chi connectivity index (χ2n) is 4.84. The van der Waals surface area contributed by atoms with Crippen molar-refractivity contribution >= 4 is 0 Å². The Bertz CT molecular complexity index is 277. The van der Waals surface area contributed by atoms with Crippen LogP contribution in [-0.4, -0.2) is 22.4 Å². The number of nitro groups is 2. The van der Waals surface area contributed by atoms with E-state index in [2.05, 4.69) is 0 Å². The van der Waals surface area contributed by atoms with Crippen molar-refractivity contribution < 1.29 is 9.85 Å². The highest BCUT2D eigenvalue weighted by atomic mass is 16.6. The van der Waals surface area contributed by atoms with E-state index in [-0.39, 0.29) is 17.4 Å². The Morgan fingerprint density at radius 3 is 2.18 bits per heavy atom. The normalized spacial score (nSPS) is 20.8. The number of hydrogen-bond donors (Lipinski definition) is 0. The minimum atomic E-state index is -0.761. The standard InChI is InChI=1S/C11H20N2O4/c1-2-11(13(16)17)10(8-12(14)15)9-6-4-3-5-7-9/h9-11H,2-8H2,1H3/t10-,11+/m1/s1. The van der Waals surface area contributed by atoms with Crippen LogP contribution in [0.5, 0.6) is 0 Å². The van der Waals surface area contributed by atoms with E-state index < -0.39 is 16.9 Å². The van der Waals surface area contributed by atoms with E-state index >= 15 is 0 Å². The van der Waals surface area contributed by atoms with Gasteiger partial charge in [0.15, 0.2) is 0 Å². The van der Waals surface area contributed by atoms with Crippen LogP contribution in [0.25, 0.3) is 0 Å². The zero-order valence-electron chi connectivity index (χ0n) is 10.2. The summed E-state index contributed by atoms with van der Waals surface area (Å²) in [6.45, 7) is 1.48. The molecule has 6 heteroatoms. The van der Waals surface area contributed by atoms with E-state index in [0.717, 1.165) is 32.1 Å². The topological polar surface area (TPSA) is 86.3 Å². The lowest BCUT2D eigenvalue weighted by molar-refractivity contribution is -0.558. The predicted octanol–water partition coefficient (Wildman–Crippen LogP) is 2.51. The van der Waals surface area contributed by atoms with Crippen LogP contribution in [0, 0.1) is 32.1 Å². The lowest BCUT2D eigenvalue weighted by Gasteiger charge is -2.28. The molecule has 98 valence electrons. The average Bonchev–Trinajstić information content (AvgIpc) is 2.29. The molecule has 1 fully saturated rings. The highest BCUT2D eigenvalue weighted by Gasteiger charge is 2.39. The van der Waals surface area contributed by atoms with Gasteiger partial charge in [-0.25, -0.2) is 0 Å². The highest BCUT2D eigenvalue weighted by molar-refractivity contribution is 4.79. The summed E-state index contributed by atoms with van der Waals surface area (Å²) in [6, 6.07) is -0.761. The van der Waals surface area contributed by atoms with E-state index in [1.54, 1.807) is 6.92 Å². The smallest absolute Gasteiger partial charge is 0.222 e. The van der Waals surface area contributed by atoms with Gasteiger partial charge in [-0.3, -0.25) is 20.2 Å². The minimum Gasteiger partial charge on any atom is -0.265 e. The molecule has 0 heterocycles. The van der Waals surface area contributed by atoms with Gasteiger partial charge in [0.1, 0.15) is 0 Å². The Labute approximate surface area is 101 Å². The maximum Gasteiger partial charge on any atom is 0.222 e. The van der Waals surface area contributed by atoms with E-state index in [1.165, 1.54) is 0 Å². The maximum absolute atomic E-state index is 11.0. The first kappa shape index (κ1) is 13.9. The molecule has 0 aromatic rings. The molecule has 6 nitrogen and oxygen atoms in total. The van der Waals surface area contributed by atoms with Crippen LogP contribution < -0.4 is 0 Å². The van der Waals surface area contributed by atoms with Crippen LogP contribution in [0.1, 0.15) is 45.4 Å². The number of hydrogen-bond acceptors (Lipinski definition) is 4. The zero-order chi connectivity index (χ0) is 12.8. The second-order valence-corrected chi connectivity index (χ2v) is 4.84. The van der Waals surface area contributed by atoms with Crippen LogP contribution in [0.4, 0.5) is 0 Å². The molecule has 0 aromatic heterocycles. The van der Waals surface area contributed by atoms with Crippen molar-refractivity contribution in [2.75, 3.05) is 6.54 Å². The first-order valence-electron chi connectivity index (χ1n) is 6.31. The molecule has 17 heavy (non-hydrogen) atoms. The molecule has 1 aliphatic rings. The van der Waals surface area contributed by atoms with Gasteiger partial charge in [0.2, 0.25) is 12.6 Å². The molecular formula is C11H20N2O4. The summed E-state index contributed by atoms with van der Waals surface area (Å²) < 4.78 is 0. The Kier molecular flexibility index (Phi) is 5.31. The molecule has 1 saturated carbocycles. The van der Waals surface area contributed by atoms with Gasteiger partial charge in [-0.05, 0) is 18.8 Å². The quantitative estimate of drug-likeness (QED) is 0.530. The third kappa shape index (κ3) is 3.94. The Hall–Kier alpha value is -1.20. The van der Waals surface area contributed by atoms with Crippen LogP contribution in [0.2, 0.25) is 0 Å². The minimum absolute atomic E-state index is 0.157. The van der Waals surface area contributed by atoms with Gasteiger partial charge in [0, 0.05) is 16.3 Å².